The van der Waals surface area contributed by atoms with Gasteiger partial charge in [-0.15, -0.1) is 0 Å². The Hall–Kier alpha value is -0.690. The van der Waals surface area contributed by atoms with E-state index in [0.717, 1.165) is 40.5 Å². The fourth-order valence-corrected chi connectivity index (χ4v) is 3.27. The Kier molecular flexibility index (Phi) is 4.78. The van der Waals surface area contributed by atoms with Crippen LogP contribution < -0.4 is 5.73 Å². The second-order valence-corrected chi connectivity index (χ2v) is 6.40. The number of carbonyl (C=O) groups excluding carboxylic acids is 1. The Bertz CT molecular complexity index is 518. The summed E-state index contributed by atoms with van der Waals surface area (Å²) in [5, 5.41) is 0. The number of halogens is 1. The number of nitrogens with zero attached hydrogens (tertiary/aromatic N) is 1. The second kappa shape index (κ2) is 6.17. The Labute approximate surface area is 132 Å². The third-order valence-electron chi connectivity index (χ3n) is 3.51. The molecule has 3 nitrogen and oxygen atoms in total. The minimum atomic E-state index is -0.0902. The average molecular weight is 388 g/mol. The Morgan fingerprint density at radius 2 is 2.21 bits per heavy atom. The number of thiocarbonyl (C=S) groups is 1. The van der Waals surface area contributed by atoms with Crippen molar-refractivity contribution >= 4 is 45.7 Å². The zero-order chi connectivity index (χ0) is 14.0. The first-order valence-electron chi connectivity index (χ1n) is 6.37. The standard InChI is InChI=1S/C14H17IN2OS/c1-9-5-4-6-10(12(9)15)14(18)17-8-3-2-7-11(17)13(16)19/h4-6,11H,2-3,7-8H2,1H3,(H2,16,19). The predicted octanol–water partition coefficient (Wildman–Crippen LogP) is 2.88. The molecule has 1 atom stereocenters. The molecule has 1 aliphatic heterocycles. The summed E-state index contributed by atoms with van der Waals surface area (Å²) < 4.78 is 1.01. The first kappa shape index (κ1) is 14.7. The molecule has 1 aromatic rings. The van der Waals surface area contributed by atoms with E-state index in [0.29, 0.717) is 4.99 Å². The lowest BCUT2D eigenvalue weighted by Crippen LogP contribution is -2.50. The molecule has 5 heteroatoms. The second-order valence-electron chi connectivity index (χ2n) is 4.85. The quantitative estimate of drug-likeness (QED) is 0.626. The van der Waals surface area contributed by atoms with E-state index in [2.05, 4.69) is 22.6 Å². The number of hydrogen-bond acceptors (Lipinski definition) is 2. The van der Waals surface area contributed by atoms with Crippen LogP contribution in [-0.4, -0.2) is 28.4 Å². The molecule has 0 spiro atoms. The fraction of sp³-hybridized carbons (Fsp3) is 0.429. The van der Waals surface area contributed by atoms with Crippen molar-refractivity contribution in [1.82, 2.24) is 4.90 Å². The van der Waals surface area contributed by atoms with Crippen molar-refractivity contribution in [2.45, 2.75) is 32.2 Å². The summed E-state index contributed by atoms with van der Waals surface area (Å²) in [6.45, 7) is 2.75. The van der Waals surface area contributed by atoms with E-state index in [9.17, 15) is 4.79 Å². The van der Waals surface area contributed by atoms with Gasteiger partial charge in [-0.3, -0.25) is 4.79 Å². The SMILES string of the molecule is Cc1cccc(C(=O)N2CCCCC2C(N)=S)c1I. The topological polar surface area (TPSA) is 46.3 Å². The average Bonchev–Trinajstić information content (AvgIpc) is 2.41. The van der Waals surface area contributed by atoms with Gasteiger partial charge >= 0.3 is 0 Å². The minimum absolute atomic E-state index is 0.0469. The molecular formula is C14H17IN2OS. The van der Waals surface area contributed by atoms with Gasteiger partial charge < -0.3 is 10.6 Å². The van der Waals surface area contributed by atoms with Crippen LogP contribution in [0.15, 0.2) is 18.2 Å². The first-order valence-corrected chi connectivity index (χ1v) is 7.86. The van der Waals surface area contributed by atoms with Crippen molar-refractivity contribution in [2.24, 2.45) is 5.73 Å². The van der Waals surface area contributed by atoms with Crippen LogP contribution in [0.2, 0.25) is 0 Å². The molecular weight excluding hydrogens is 371 g/mol. The van der Waals surface area contributed by atoms with E-state index in [4.69, 9.17) is 18.0 Å². The lowest BCUT2D eigenvalue weighted by Gasteiger charge is -2.35. The number of benzene rings is 1. The summed E-state index contributed by atoms with van der Waals surface area (Å²) in [6, 6.07) is 5.72. The highest BCUT2D eigenvalue weighted by atomic mass is 127. The van der Waals surface area contributed by atoms with E-state index >= 15 is 0 Å². The van der Waals surface area contributed by atoms with Gasteiger partial charge in [0, 0.05) is 10.1 Å². The van der Waals surface area contributed by atoms with Crippen molar-refractivity contribution in [3.63, 3.8) is 0 Å². The van der Waals surface area contributed by atoms with Gasteiger partial charge in [-0.1, -0.05) is 24.4 Å². The van der Waals surface area contributed by atoms with Gasteiger partial charge in [0.1, 0.15) is 0 Å². The maximum absolute atomic E-state index is 12.7. The highest BCUT2D eigenvalue weighted by Crippen LogP contribution is 2.23. The molecule has 0 aromatic heterocycles. The lowest BCUT2D eigenvalue weighted by atomic mass is 10.0. The lowest BCUT2D eigenvalue weighted by molar-refractivity contribution is 0.0680. The van der Waals surface area contributed by atoms with Crippen molar-refractivity contribution in [3.8, 4) is 0 Å². The van der Waals surface area contributed by atoms with Gasteiger partial charge in [-0.2, -0.15) is 0 Å². The van der Waals surface area contributed by atoms with Gasteiger partial charge in [0.25, 0.3) is 5.91 Å². The van der Waals surface area contributed by atoms with Crippen molar-refractivity contribution in [2.75, 3.05) is 6.54 Å². The molecule has 1 aliphatic rings. The van der Waals surface area contributed by atoms with E-state index in [1.165, 1.54) is 0 Å². The highest BCUT2D eigenvalue weighted by Gasteiger charge is 2.30. The summed E-state index contributed by atoms with van der Waals surface area (Å²) in [5.41, 5.74) is 7.65. The number of hydrogen-bond donors (Lipinski definition) is 1. The Morgan fingerprint density at radius 1 is 1.47 bits per heavy atom. The van der Waals surface area contributed by atoms with Gasteiger partial charge in [0.15, 0.2) is 0 Å². The van der Waals surface area contributed by atoms with Gasteiger partial charge in [0.2, 0.25) is 0 Å². The molecule has 1 fully saturated rings. The number of nitrogens with two attached hydrogens (primary N) is 1. The normalized spacial score (nSPS) is 19.3. The van der Waals surface area contributed by atoms with Crippen LogP contribution in [0.1, 0.15) is 35.2 Å². The van der Waals surface area contributed by atoms with Crippen LogP contribution in [0.4, 0.5) is 0 Å². The third-order valence-corrected chi connectivity index (χ3v) is 5.22. The number of amides is 1. The summed E-state index contributed by atoms with van der Waals surface area (Å²) in [4.78, 5) is 15.0. The molecule has 102 valence electrons. The molecule has 2 rings (SSSR count). The molecule has 0 bridgehead atoms. The highest BCUT2D eigenvalue weighted by molar-refractivity contribution is 14.1. The zero-order valence-electron chi connectivity index (χ0n) is 10.9. The summed E-state index contributed by atoms with van der Waals surface area (Å²) >= 11 is 7.33. The predicted molar refractivity (Wildman–Crippen MR) is 89.4 cm³/mol. The molecule has 0 aliphatic carbocycles. The molecule has 1 saturated heterocycles. The molecule has 2 N–H and O–H groups in total. The number of aryl methyl sites for hydroxylation is 1. The van der Waals surface area contributed by atoms with Crippen molar-refractivity contribution < 1.29 is 4.79 Å². The smallest absolute Gasteiger partial charge is 0.255 e. The maximum atomic E-state index is 12.7. The van der Waals surface area contributed by atoms with Crippen LogP contribution in [0.25, 0.3) is 0 Å². The summed E-state index contributed by atoms with van der Waals surface area (Å²) in [5.74, 6) is 0.0469. The van der Waals surface area contributed by atoms with Crippen LogP contribution in [-0.2, 0) is 0 Å². The number of carbonyl (C=O) groups is 1. The first-order chi connectivity index (χ1) is 9.02. The van der Waals surface area contributed by atoms with Gasteiger partial charge in [-0.05, 0) is 60.4 Å². The summed E-state index contributed by atoms with van der Waals surface area (Å²) in [6.07, 6.45) is 2.98. The van der Waals surface area contributed by atoms with Crippen LogP contribution in [0.3, 0.4) is 0 Å². The zero-order valence-corrected chi connectivity index (χ0v) is 13.8. The largest absolute Gasteiger partial charge is 0.392 e. The van der Waals surface area contributed by atoms with E-state index in [-0.39, 0.29) is 11.9 Å². The van der Waals surface area contributed by atoms with Crippen LogP contribution >= 0.6 is 34.8 Å². The molecule has 1 amide bonds. The Balaban J connectivity index is 2.31. The van der Waals surface area contributed by atoms with Crippen molar-refractivity contribution in [1.29, 1.82) is 0 Å². The molecule has 19 heavy (non-hydrogen) atoms. The number of piperidine rings is 1. The van der Waals surface area contributed by atoms with E-state index < -0.39 is 0 Å². The van der Waals surface area contributed by atoms with Gasteiger partial charge in [0.05, 0.1) is 16.6 Å². The maximum Gasteiger partial charge on any atom is 0.255 e. The van der Waals surface area contributed by atoms with Gasteiger partial charge in [-0.25, -0.2) is 0 Å². The molecule has 1 unspecified atom stereocenters. The number of likely N-dealkylation sites (tertiary alicyclic amines) is 1. The third kappa shape index (κ3) is 3.08. The molecule has 0 saturated carbocycles. The van der Waals surface area contributed by atoms with E-state index in [1.54, 1.807) is 0 Å². The molecule has 0 radical (unpaired) electrons. The number of rotatable bonds is 2. The minimum Gasteiger partial charge on any atom is -0.392 e. The van der Waals surface area contributed by atoms with Crippen LogP contribution in [0, 0.1) is 10.5 Å². The molecule has 1 heterocycles. The van der Waals surface area contributed by atoms with Crippen LogP contribution in [0.5, 0.6) is 0 Å². The fourth-order valence-electron chi connectivity index (χ4n) is 2.44. The van der Waals surface area contributed by atoms with E-state index in [1.807, 2.05) is 30.0 Å². The molecule has 1 aromatic carbocycles. The summed E-state index contributed by atoms with van der Waals surface area (Å²) in [7, 11) is 0. The monoisotopic (exact) mass is 388 g/mol. The Morgan fingerprint density at radius 3 is 2.89 bits per heavy atom. The van der Waals surface area contributed by atoms with Crippen molar-refractivity contribution in [3.05, 3.63) is 32.9 Å².